The molecule has 0 aliphatic heterocycles. The highest BCUT2D eigenvalue weighted by Gasteiger charge is 2.03. The topological polar surface area (TPSA) is 81.1 Å². The molecule has 0 fully saturated rings. The van der Waals surface area contributed by atoms with E-state index in [0.717, 1.165) is 18.7 Å². The Morgan fingerprint density at radius 3 is 2.71 bits per heavy atom. The van der Waals surface area contributed by atoms with E-state index in [2.05, 4.69) is 12.2 Å². The number of rotatable bonds is 4. The molecule has 76 valence electrons. The van der Waals surface area contributed by atoms with Crippen LogP contribution in [0.1, 0.15) is 23.7 Å². The van der Waals surface area contributed by atoms with Crippen LogP contribution >= 0.6 is 0 Å². The molecule has 0 aliphatic rings. The van der Waals surface area contributed by atoms with Gasteiger partial charge in [0.05, 0.1) is 11.4 Å². The van der Waals surface area contributed by atoms with Crippen molar-refractivity contribution in [3.8, 4) is 0 Å². The molecule has 0 unspecified atom stereocenters. The van der Waals surface area contributed by atoms with E-state index in [1.807, 2.05) is 0 Å². The Hall–Kier alpha value is -1.71. The Morgan fingerprint density at radius 2 is 2.21 bits per heavy atom. The Bertz CT molecular complexity index is 336. The van der Waals surface area contributed by atoms with Crippen LogP contribution < -0.4 is 16.8 Å². The van der Waals surface area contributed by atoms with Crippen LogP contribution in [0.4, 0.5) is 11.4 Å². The van der Waals surface area contributed by atoms with Gasteiger partial charge in [-0.1, -0.05) is 6.92 Å². The second-order valence-corrected chi connectivity index (χ2v) is 3.09. The highest BCUT2D eigenvalue weighted by atomic mass is 16.1. The molecule has 0 heterocycles. The van der Waals surface area contributed by atoms with Crippen LogP contribution in [0.3, 0.4) is 0 Å². The maximum Gasteiger partial charge on any atom is 0.248 e. The van der Waals surface area contributed by atoms with Crippen molar-refractivity contribution in [2.45, 2.75) is 13.3 Å². The van der Waals surface area contributed by atoms with Crippen LogP contribution in [0.2, 0.25) is 0 Å². The Morgan fingerprint density at radius 1 is 1.50 bits per heavy atom. The lowest BCUT2D eigenvalue weighted by atomic mass is 10.1. The minimum atomic E-state index is -0.459. The molecule has 1 aromatic carbocycles. The van der Waals surface area contributed by atoms with Crippen molar-refractivity contribution in [3.63, 3.8) is 0 Å². The molecule has 0 spiro atoms. The van der Waals surface area contributed by atoms with Gasteiger partial charge in [0.2, 0.25) is 5.91 Å². The number of carbonyl (C=O) groups excluding carboxylic acids is 1. The predicted molar refractivity (Wildman–Crippen MR) is 58.2 cm³/mol. The van der Waals surface area contributed by atoms with Gasteiger partial charge in [0.25, 0.3) is 0 Å². The van der Waals surface area contributed by atoms with Gasteiger partial charge in [-0.15, -0.1) is 0 Å². The zero-order valence-electron chi connectivity index (χ0n) is 8.21. The summed E-state index contributed by atoms with van der Waals surface area (Å²) in [5.41, 5.74) is 12.7. The first-order chi connectivity index (χ1) is 6.65. The monoisotopic (exact) mass is 193 g/mol. The number of nitrogens with one attached hydrogen (secondary N) is 1. The molecule has 0 saturated heterocycles. The van der Waals surface area contributed by atoms with Gasteiger partial charge in [0.1, 0.15) is 0 Å². The quantitative estimate of drug-likeness (QED) is 0.628. The summed E-state index contributed by atoms with van der Waals surface area (Å²) in [6.45, 7) is 2.93. The Kier molecular flexibility index (Phi) is 3.34. The van der Waals surface area contributed by atoms with Crippen LogP contribution in [-0.4, -0.2) is 12.5 Å². The molecule has 0 bridgehead atoms. The van der Waals surface area contributed by atoms with Crippen molar-refractivity contribution in [3.05, 3.63) is 23.8 Å². The molecule has 5 N–H and O–H groups in total. The number of nitrogens with two attached hydrogens (primary N) is 2. The van der Waals surface area contributed by atoms with E-state index in [4.69, 9.17) is 11.5 Å². The second-order valence-electron chi connectivity index (χ2n) is 3.09. The highest BCUT2D eigenvalue weighted by molar-refractivity contribution is 5.94. The Labute approximate surface area is 83.3 Å². The number of carbonyl (C=O) groups is 1. The minimum absolute atomic E-state index is 0.435. The molecule has 1 amide bonds. The van der Waals surface area contributed by atoms with E-state index in [0.29, 0.717) is 11.3 Å². The summed E-state index contributed by atoms with van der Waals surface area (Å²) >= 11 is 0. The number of amides is 1. The molecule has 0 aromatic heterocycles. The summed E-state index contributed by atoms with van der Waals surface area (Å²) in [5, 5.41) is 3.15. The third kappa shape index (κ3) is 2.39. The van der Waals surface area contributed by atoms with Crippen molar-refractivity contribution in [2.24, 2.45) is 5.73 Å². The van der Waals surface area contributed by atoms with E-state index in [-0.39, 0.29) is 0 Å². The van der Waals surface area contributed by atoms with Gasteiger partial charge in [-0.2, -0.15) is 0 Å². The van der Waals surface area contributed by atoms with Gasteiger partial charge in [0, 0.05) is 12.1 Å². The summed E-state index contributed by atoms with van der Waals surface area (Å²) in [6, 6.07) is 5.02. The third-order valence-corrected chi connectivity index (χ3v) is 1.90. The number of hydrogen-bond acceptors (Lipinski definition) is 3. The zero-order valence-corrected chi connectivity index (χ0v) is 8.21. The Balaban J connectivity index is 2.84. The normalized spacial score (nSPS) is 9.79. The summed E-state index contributed by atoms with van der Waals surface area (Å²) < 4.78 is 0. The molecule has 0 aliphatic carbocycles. The number of primary amides is 1. The minimum Gasteiger partial charge on any atom is -0.397 e. The fourth-order valence-corrected chi connectivity index (χ4v) is 1.14. The van der Waals surface area contributed by atoms with Gasteiger partial charge >= 0.3 is 0 Å². The smallest absolute Gasteiger partial charge is 0.248 e. The molecule has 1 aromatic rings. The first-order valence-corrected chi connectivity index (χ1v) is 4.58. The van der Waals surface area contributed by atoms with Crippen molar-refractivity contribution < 1.29 is 4.79 Å². The standard InChI is InChI=1S/C10H15N3O/c1-2-5-13-9-4-3-7(10(12)14)6-8(9)11/h3-4,6,13H,2,5,11H2,1H3,(H2,12,14). The van der Waals surface area contributed by atoms with Gasteiger partial charge < -0.3 is 16.8 Å². The largest absolute Gasteiger partial charge is 0.397 e. The number of nitrogen functional groups attached to an aromatic ring is 1. The van der Waals surface area contributed by atoms with Gasteiger partial charge in [-0.05, 0) is 24.6 Å². The lowest BCUT2D eigenvalue weighted by molar-refractivity contribution is 0.100. The number of hydrogen-bond donors (Lipinski definition) is 3. The SMILES string of the molecule is CCCNc1ccc(C(N)=O)cc1N. The first-order valence-electron chi connectivity index (χ1n) is 4.58. The van der Waals surface area contributed by atoms with E-state index >= 15 is 0 Å². The maximum atomic E-state index is 10.8. The van der Waals surface area contributed by atoms with Crippen molar-refractivity contribution in [2.75, 3.05) is 17.6 Å². The summed E-state index contributed by atoms with van der Waals surface area (Å²) in [6.07, 6.45) is 1.02. The van der Waals surface area contributed by atoms with Crippen LogP contribution in [0.5, 0.6) is 0 Å². The van der Waals surface area contributed by atoms with E-state index in [1.165, 1.54) is 0 Å². The fourth-order valence-electron chi connectivity index (χ4n) is 1.14. The van der Waals surface area contributed by atoms with E-state index < -0.39 is 5.91 Å². The summed E-state index contributed by atoms with van der Waals surface area (Å²) in [5.74, 6) is -0.459. The molecule has 0 saturated carbocycles. The third-order valence-electron chi connectivity index (χ3n) is 1.90. The maximum absolute atomic E-state index is 10.8. The molecule has 0 atom stereocenters. The molecule has 1 rings (SSSR count). The van der Waals surface area contributed by atoms with Crippen molar-refractivity contribution >= 4 is 17.3 Å². The van der Waals surface area contributed by atoms with Crippen LogP contribution in [-0.2, 0) is 0 Å². The molecular weight excluding hydrogens is 178 g/mol. The zero-order chi connectivity index (χ0) is 10.6. The average Bonchev–Trinajstić information content (AvgIpc) is 2.15. The molecule has 0 radical (unpaired) electrons. The molecule has 14 heavy (non-hydrogen) atoms. The second kappa shape index (κ2) is 4.50. The van der Waals surface area contributed by atoms with Crippen LogP contribution in [0.15, 0.2) is 18.2 Å². The van der Waals surface area contributed by atoms with Gasteiger partial charge in [-0.3, -0.25) is 4.79 Å². The van der Waals surface area contributed by atoms with Crippen LogP contribution in [0, 0.1) is 0 Å². The van der Waals surface area contributed by atoms with E-state index in [1.54, 1.807) is 18.2 Å². The number of anilines is 2. The van der Waals surface area contributed by atoms with Gasteiger partial charge in [-0.25, -0.2) is 0 Å². The molecule has 4 heteroatoms. The first kappa shape index (κ1) is 10.4. The molecule has 4 nitrogen and oxygen atoms in total. The highest BCUT2D eigenvalue weighted by Crippen LogP contribution is 2.19. The van der Waals surface area contributed by atoms with Crippen molar-refractivity contribution in [1.82, 2.24) is 0 Å². The van der Waals surface area contributed by atoms with Crippen molar-refractivity contribution in [1.29, 1.82) is 0 Å². The molecular formula is C10H15N3O. The number of benzene rings is 1. The predicted octanol–water partition coefficient (Wildman–Crippen LogP) is 1.19. The lowest BCUT2D eigenvalue weighted by Crippen LogP contribution is -2.12. The lowest BCUT2D eigenvalue weighted by Gasteiger charge is -2.08. The average molecular weight is 193 g/mol. The summed E-state index contributed by atoms with van der Waals surface area (Å²) in [7, 11) is 0. The fraction of sp³-hybridized carbons (Fsp3) is 0.300. The summed E-state index contributed by atoms with van der Waals surface area (Å²) in [4.78, 5) is 10.8. The van der Waals surface area contributed by atoms with Crippen LogP contribution in [0.25, 0.3) is 0 Å². The van der Waals surface area contributed by atoms with E-state index in [9.17, 15) is 4.79 Å². The van der Waals surface area contributed by atoms with Gasteiger partial charge in [0.15, 0.2) is 0 Å².